The van der Waals surface area contributed by atoms with Crippen molar-refractivity contribution in [1.29, 1.82) is 0 Å². The summed E-state index contributed by atoms with van der Waals surface area (Å²) in [6.45, 7) is 0.165. The Bertz CT molecular complexity index is 699. The maximum absolute atomic E-state index is 11.7. The van der Waals surface area contributed by atoms with Crippen molar-refractivity contribution in [2.75, 3.05) is 13.2 Å². The van der Waals surface area contributed by atoms with Crippen LogP contribution in [0.4, 0.5) is 0 Å². The highest BCUT2D eigenvalue weighted by atomic mass is 31.2. The van der Waals surface area contributed by atoms with Crippen molar-refractivity contribution in [2.24, 2.45) is 0 Å². The molecule has 0 saturated heterocycles. The van der Waals surface area contributed by atoms with Crippen molar-refractivity contribution in [3.8, 4) is 5.75 Å². The third-order valence-corrected chi connectivity index (χ3v) is 4.11. The fourth-order valence-electron chi connectivity index (χ4n) is 2.01. The number of nitrogens with one attached hydrogen (secondary N) is 1. The molecule has 0 unspecified atom stereocenters. The molecule has 23 heavy (non-hydrogen) atoms. The maximum atomic E-state index is 11.7. The Morgan fingerprint density at radius 1 is 1.04 bits per heavy atom. The van der Waals surface area contributed by atoms with E-state index in [0.717, 1.165) is 5.56 Å². The summed E-state index contributed by atoms with van der Waals surface area (Å²) < 4.78 is 16.6. The summed E-state index contributed by atoms with van der Waals surface area (Å²) >= 11 is 0. The van der Waals surface area contributed by atoms with Gasteiger partial charge < -0.3 is 19.8 Å². The van der Waals surface area contributed by atoms with Crippen LogP contribution >= 0.6 is 7.60 Å². The topological polar surface area (TPSA) is 95.9 Å². The molecule has 0 aromatic heterocycles. The predicted octanol–water partition coefficient (Wildman–Crippen LogP) is 1.23. The molecular formula is C16H18NO5P. The Morgan fingerprint density at radius 3 is 2.39 bits per heavy atom. The van der Waals surface area contributed by atoms with E-state index in [1.807, 2.05) is 30.3 Å². The van der Waals surface area contributed by atoms with Gasteiger partial charge in [-0.1, -0.05) is 42.5 Å². The van der Waals surface area contributed by atoms with E-state index in [4.69, 9.17) is 4.74 Å². The SMILES string of the molecule is O=C(COc1ccccc1P(=O)(O)O)NCCc1ccccc1. The first-order valence-corrected chi connectivity index (χ1v) is 8.66. The Morgan fingerprint density at radius 2 is 1.70 bits per heavy atom. The van der Waals surface area contributed by atoms with Crippen LogP contribution in [-0.4, -0.2) is 28.8 Å². The average molecular weight is 335 g/mol. The van der Waals surface area contributed by atoms with Gasteiger partial charge in [-0.3, -0.25) is 9.36 Å². The zero-order valence-electron chi connectivity index (χ0n) is 12.4. The van der Waals surface area contributed by atoms with Crippen molar-refractivity contribution >= 4 is 18.8 Å². The summed E-state index contributed by atoms with van der Waals surface area (Å²) in [5.74, 6) is -0.333. The van der Waals surface area contributed by atoms with Gasteiger partial charge in [-0.05, 0) is 24.1 Å². The number of carbonyl (C=O) groups excluding carboxylic acids is 1. The lowest BCUT2D eigenvalue weighted by Crippen LogP contribution is -2.31. The molecule has 2 rings (SSSR count). The second-order valence-corrected chi connectivity index (χ2v) is 6.46. The quantitative estimate of drug-likeness (QED) is 0.662. The molecule has 2 aromatic rings. The summed E-state index contributed by atoms with van der Waals surface area (Å²) in [6.07, 6.45) is 0.700. The third-order valence-electron chi connectivity index (χ3n) is 3.12. The smallest absolute Gasteiger partial charge is 0.359 e. The molecule has 2 aromatic carbocycles. The van der Waals surface area contributed by atoms with Gasteiger partial charge in [0, 0.05) is 6.54 Å². The fraction of sp³-hybridized carbons (Fsp3) is 0.188. The van der Waals surface area contributed by atoms with Crippen molar-refractivity contribution < 1.29 is 23.9 Å². The van der Waals surface area contributed by atoms with Crippen molar-refractivity contribution in [2.45, 2.75) is 6.42 Å². The minimum atomic E-state index is -4.43. The molecule has 6 nitrogen and oxygen atoms in total. The van der Waals surface area contributed by atoms with Crippen LogP contribution in [0.1, 0.15) is 5.56 Å². The molecule has 0 heterocycles. The van der Waals surface area contributed by atoms with E-state index in [1.54, 1.807) is 6.07 Å². The molecule has 122 valence electrons. The molecule has 0 radical (unpaired) electrons. The average Bonchev–Trinajstić information content (AvgIpc) is 2.53. The molecule has 0 aliphatic heterocycles. The largest absolute Gasteiger partial charge is 0.483 e. The van der Waals surface area contributed by atoms with E-state index in [-0.39, 0.29) is 23.6 Å². The van der Waals surface area contributed by atoms with Crippen LogP contribution in [0, 0.1) is 0 Å². The maximum Gasteiger partial charge on any atom is 0.359 e. The fourth-order valence-corrected chi connectivity index (χ4v) is 2.71. The van der Waals surface area contributed by atoms with Gasteiger partial charge in [-0.2, -0.15) is 0 Å². The normalized spacial score (nSPS) is 11.0. The monoisotopic (exact) mass is 335 g/mol. The van der Waals surface area contributed by atoms with Crippen LogP contribution < -0.4 is 15.4 Å². The number of rotatable bonds is 7. The number of benzene rings is 2. The molecule has 0 atom stereocenters. The number of ether oxygens (including phenoxy) is 1. The van der Waals surface area contributed by atoms with Crippen LogP contribution in [0.25, 0.3) is 0 Å². The van der Waals surface area contributed by atoms with E-state index >= 15 is 0 Å². The molecule has 1 amide bonds. The van der Waals surface area contributed by atoms with Crippen molar-refractivity contribution in [1.82, 2.24) is 5.32 Å². The summed E-state index contributed by atoms with van der Waals surface area (Å²) in [5.41, 5.74) is 1.11. The Labute approximate surface area is 134 Å². The number of carbonyl (C=O) groups is 1. The lowest BCUT2D eigenvalue weighted by Gasteiger charge is -2.12. The standard InChI is InChI=1S/C16H18NO5P/c18-16(17-11-10-13-6-2-1-3-7-13)12-22-14-8-4-5-9-15(14)23(19,20)21/h1-9H,10-12H2,(H,17,18)(H2,19,20,21). The molecule has 0 aliphatic rings. The second kappa shape index (κ2) is 7.92. The number of hydrogen-bond acceptors (Lipinski definition) is 3. The number of hydrogen-bond donors (Lipinski definition) is 3. The van der Waals surface area contributed by atoms with Crippen molar-refractivity contribution in [3.63, 3.8) is 0 Å². The summed E-state index contributed by atoms with van der Waals surface area (Å²) in [6, 6.07) is 15.5. The third kappa shape index (κ3) is 5.53. The molecule has 0 saturated carbocycles. The Balaban J connectivity index is 1.82. The first kappa shape index (κ1) is 17.2. The van der Waals surface area contributed by atoms with Crippen molar-refractivity contribution in [3.05, 3.63) is 60.2 Å². The minimum Gasteiger partial charge on any atom is -0.483 e. The molecule has 0 fully saturated rings. The highest BCUT2D eigenvalue weighted by Crippen LogP contribution is 2.37. The summed E-state index contributed by atoms with van der Waals surface area (Å²) in [4.78, 5) is 30.2. The van der Waals surface area contributed by atoms with E-state index in [0.29, 0.717) is 13.0 Å². The van der Waals surface area contributed by atoms with Crippen LogP contribution in [-0.2, 0) is 15.8 Å². The second-order valence-electron chi connectivity index (χ2n) is 4.89. The zero-order chi connectivity index (χ0) is 16.7. The first-order valence-electron chi connectivity index (χ1n) is 7.05. The van der Waals surface area contributed by atoms with E-state index < -0.39 is 7.60 Å². The van der Waals surface area contributed by atoms with E-state index in [9.17, 15) is 19.1 Å². The summed E-state index contributed by atoms with van der Waals surface area (Å²) in [7, 11) is -4.43. The molecular weight excluding hydrogens is 317 g/mol. The van der Waals surface area contributed by atoms with Crippen LogP contribution in [0.5, 0.6) is 5.75 Å². The number of amides is 1. The van der Waals surface area contributed by atoms with E-state index in [2.05, 4.69) is 5.32 Å². The number of para-hydroxylation sites is 1. The molecule has 0 aliphatic carbocycles. The van der Waals surface area contributed by atoms with Gasteiger partial charge in [0.25, 0.3) is 5.91 Å². The lowest BCUT2D eigenvalue weighted by atomic mass is 10.1. The molecule has 0 bridgehead atoms. The van der Waals surface area contributed by atoms with E-state index in [1.165, 1.54) is 18.2 Å². The Kier molecular flexibility index (Phi) is 5.93. The van der Waals surface area contributed by atoms with Gasteiger partial charge in [0.1, 0.15) is 11.1 Å². The van der Waals surface area contributed by atoms with Crippen LogP contribution in [0.15, 0.2) is 54.6 Å². The van der Waals surface area contributed by atoms with Gasteiger partial charge in [0.15, 0.2) is 6.61 Å². The lowest BCUT2D eigenvalue weighted by molar-refractivity contribution is -0.123. The van der Waals surface area contributed by atoms with Crippen LogP contribution in [0.3, 0.4) is 0 Å². The summed E-state index contributed by atoms with van der Waals surface area (Å²) in [5, 5.41) is 2.48. The minimum absolute atomic E-state index is 0.0130. The van der Waals surface area contributed by atoms with Gasteiger partial charge >= 0.3 is 7.60 Å². The predicted molar refractivity (Wildman–Crippen MR) is 86.8 cm³/mol. The van der Waals surface area contributed by atoms with Gasteiger partial charge in [-0.25, -0.2) is 0 Å². The van der Waals surface area contributed by atoms with Gasteiger partial charge in [0.2, 0.25) is 0 Å². The molecule has 0 spiro atoms. The first-order chi connectivity index (χ1) is 11.0. The Hall–Kier alpha value is -2.14. The zero-order valence-corrected chi connectivity index (χ0v) is 13.3. The highest BCUT2D eigenvalue weighted by Gasteiger charge is 2.22. The van der Waals surface area contributed by atoms with Crippen LogP contribution in [0.2, 0.25) is 0 Å². The van der Waals surface area contributed by atoms with Gasteiger partial charge in [-0.15, -0.1) is 0 Å². The highest BCUT2D eigenvalue weighted by molar-refractivity contribution is 7.60. The molecule has 3 N–H and O–H groups in total. The van der Waals surface area contributed by atoms with Gasteiger partial charge in [0.05, 0.1) is 0 Å². The molecule has 7 heteroatoms.